The second-order valence-corrected chi connectivity index (χ2v) is 5.65. The number of nitrogens with one attached hydrogen (secondary N) is 1. The van der Waals surface area contributed by atoms with Crippen molar-refractivity contribution in [2.75, 3.05) is 11.9 Å². The maximum Gasteiger partial charge on any atom is 0.144 e. The first-order valence-corrected chi connectivity index (χ1v) is 7.36. The highest BCUT2D eigenvalue weighted by molar-refractivity contribution is 9.10. The van der Waals surface area contributed by atoms with Gasteiger partial charge in [-0.3, -0.25) is 0 Å². The smallest absolute Gasteiger partial charge is 0.144 e. The summed E-state index contributed by atoms with van der Waals surface area (Å²) in [7, 11) is 1.98. The van der Waals surface area contributed by atoms with Crippen LogP contribution in [0.2, 0.25) is 0 Å². The van der Waals surface area contributed by atoms with Crippen LogP contribution < -0.4 is 5.32 Å². The number of anilines is 1. The van der Waals surface area contributed by atoms with E-state index >= 15 is 0 Å². The highest BCUT2D eigenvalue weighted by Crippen LogP contribution is 2.30. The Kier molecular flexibility index (Phi) is 3.98. The summed E-state index contributed by atoms with van der Waals surface area (Å²) in [6.07, 6.45) is 8.98. The molecule has 0 spiro atoms. The Morgan fingerprint density at radius 1 is 1.45 bits per heavy atom. The summed E-state index contributed by atoms with van der Waals surface area (Å²) in [4.78, 5) is 12.6. The van der Waals surface area contributed by atoms with Crippen LogP contribution in [0.3, 0.4) is 0 Å². The molecule has 7 heteroatoms. The van der Waals surface area contributed by atoms with E-state index in [4.69, 9.17) is 4.74 Å². The molecular weight excluding hydrogens is 322 g/mol. The number of nitrogens with zero attached hydrogens (tertiary/aromatic N) is 4. The topological polar surface area (TPSA) is 64.9 Å². The summed E-state index contributed by atoms with van der Waals surface area (Å²) >= 11 is 3.46. The van der Waals surface area contributed by atoms with Gasteiger partial charge in [-0.15, -0.1) is 0 Å². The molecule has 20 heavy (non-hydrogen) atoms. The molecule has 0 aliphatic carbocycles. The van der Waals surface area contributed by atoms with Crippen molar-refractivity contribution in [2.24, 2.45) is 7.05 Å². The van der Waals surface area contributed by atoms with E-state index in [1.165, 1.54) is 6.33 Å². The van der Waals surface area contributed by atoms with Crippen molar-refractivity contribution in [2.45, 2.75) is 25.0 Å². The fourth-order valence-electron chi connectivity index (χ4n) is 2.43. The Labute approximate surface area is 125 Å². The first-order chi connectivity index (χ1) is 9.75. The Morgan fingerprint density at radius 2 is 2.35 bits per heavy atom. The van der Waals surface area contributed by atoms with Gasteiger partial charge in [-0.2, -0.15) is 0 Å². The van der Waals surface area contributed by atoms with Crippen LogP contribution in [-0.4, -0.2) is 32.2 Å². The standard InChI is InChI=1S/C13H16BrN5O/c1-19-5-4-16-13(19)11-10(3-2-6-20-11)18-12-9(14)7-15-8-17-12/h4-5,7-8,10-11H,2-3,6H2,1H3,(H,15,17,18)/t10-,11-/m0/s1. The zero-order chi connectivity index (χ0) is 13.9. The van der Waals surface area contributed by atoms with Gasteiger partial charge in [0.25, 0.3) is 0 Å². The first-order valence-electron chi connectivity index (χ1n) is 6.56. The van der Waals surface area contributed by atoms with Crippen LogP contribution in [0.4, 0.5) is 5.82 Å². The van der Waals surface area contributed by atoms with E-state index < -0.39 is 0 Å². The number of halogens is 1. The highest BCUT2D eigenvalue weighted by atomic mass is 79.9. The summed E-state index contributed by atoms with van der Waals surface area (Å²) in [5, 5.41) is 3.44. The minimum atomic E-state index is -0.0642. The maximum absolute atomic E-state index is 5.92. The molecule has 1 aliphatic rings. The lowest BCUT2D eigenvalue weighted by Crippen LogP contribution is -2.35. The summed E-state index contributed by atoms with van der Waals surface area (Å²) in [6.45, 7) is 0.765. The van der Waals surface area contributed by atoms with Crippen LogP contribution in [0, 0.1) is 0 Å². The second-order valence-electron chi connectivity index (χ2n) is 4.80. The third-order valence-corrected chi connectivity index (χ3v) is 4.01. The van der Waals surface area contributed by atoms with Crippen molar-refractivity contribution >= 4 is 21.7 Å². The Balaban J connectivity index is 1.83. The molecule has 1 N–H and O–H groups in total. The van der Waals surface area contributed by atoms with Crippen molar-refractivity contribution in [1.82, 2.24) is 19.5 Å². The quantitative estimate of drug-likeness (QED) is 0.930. The van der Waals surface area contributed by atoms with Gasteiger partial charge in [0.15, 0.2) is 0 Å². The number of hydrogen-bond donors (Lipinski definition) is 1. The molecule has 0 unspecified atom stereocenters. The molecule has 3 rings (SSSR count). The van der Waals surface area contributed by atoms with E-state index in [0.717, 1.165) is 35.6 Å². The Bertz CT molecular complexity index is 588. The highest BCUT2D eigenvalue weighted by Gasteiger charge is 2.30. The van der Waals surface area contributed by atoms with Gasteiger partial charge in [0.1, 0.15) is 24.1 Å². The molecule has 2 aromatic heterocycles. The molecule has 1 saturated heterocycles. The van der Waals surface area contributed by atoms with Crippen molar-refractivity contribution < 1.29 is 4.74 Å². The van der Waals surface area contributed by atoms with E-state index in [9.17, 15) is 0 Å². The molecule has 0 aromatic carbocycles. The Hall–Kier alpha value is -1.47. The van der Waals surface area contributed by atoms with Gasteiger partial charge in [0, 0.05) is 32.2 Å². The third kappa shape index (κ3) is 2.69. The normalized spacial score (nSPS) is 22.7. The number of aryl methyl sites for hydroxylation is 1. The van der Waals surface area contributed by atoms with Crippen LogP contribution in [0.25, 0.3) is 0 Å². The van der Waals surface area contributed by atoms with Gasteiger partial charge >= 0.3 is 0 Å². The van der Waals surface area contributed by atoms with Gasteiger partial charge < -0.3 is 14.6 Å². The van der Waals surface area contributed by atoms with Gasteiger partial charge in [-0.05, 0) is 28.8 Å². The zero-order valence-electron chi connectivity index (χ0n) is 11.2. The van der Waals surface area contributed by atoms with Crippen LogP contribution >= 0.6 is 15.9 Å². The molecule has 3 heterocycles. The largest absolute Gasteiger partial charge is 0.368 e. The van der Waals surface area contributed by atoms with Gasteiger partial charge in [-0.25, -0.2) is 15.0 Å². The summed E-state index contributed by atoms with van der Waals surface area (Å²) in [5.41, 5.74) is 0. The summed E-state index contributed by atoms with van der Waals surface area (Å²) in [5.74, 6) is 1.72. The molecule has 106 valence electrons. The van der Waals surface area contributed by atoms with Gasteiger partial charge in [0.2, 0.25) is 0 Å². The molecule has 1 aliphatic heterocycles. The van der Waals surface area contributed by atoms with Gasteiger partial charge in [0.05, 0.1) is 10.5 Å². The molecule has 0 radical (unpaired) electrons. The maximum atomic E-state index is 5.92. The average molecular weight is 338 g/mol. The Morgan fingerprint density at radius 3 is 3.10 bits per heavy atom. The number of hydrogen-bond acceptors (Lipinski definition) is 5. The molecule has 2 aromatic rings. The monoisotopic (exact) mass is 337 g/mol. The molecule has 0 amide bonds. The van der Waals surface area contributed by atoms with E-state index in [2.05, 4.69) is 36.2 Å². The van der Waals surface area contributed by atoms with E-state index in [1.54, 1.807) is 12.4 Å². The molecule has 2 atom stereocenters. The van der Waals surface area contributed by atoms with Crippen molar-refractivity contribution in [3.05, 3.63) is 35.2 Å². The van der Waals surface area contributed by atoms with Crippen LogP contribution in [0.15, 0.2) is 29.4 Å². The first kappa shape index (κ1) is 13.5. The minimum absolute atomic E-state index is 0.0642. The molecule has 0 bridgehead atoms. The molecule has 0 saturated carbocycles. The lowest BCUT2D eigenvalue weighted by molar-refractivity contribution is -0.00137. The predicted octanol–water partition coefficient (Wildman–Crippen LogP) is 2.30. The van der Waals surface area contributed by atoms with Crippen LogP contribution in [0.5, 0.6) is 0 Å². The van der Waals surface area contributed by atoms with Crippen molar-refractivity contribution in [3.63, 3.8) is 0 Å². The lowest BCUT2D eigenvalue weighted by Gasteiger charge is -2.32. The number of aromatic nitrogens is 4. The second kappa shape index (κ2) is 5.88. The van der Waals surface area contributed by atoms with E-state index in [1.807, 2.05) is 17.8 Å². The van der Waals surface area contributed by atoms with E-state index in [-0.39, 0.29) is 12.1 Å². The fraction of sp³-hybridized carbons (Fsp3) is 0.462. The summed E-state index contributed by atoms with van der Waals surface area (Å²) < 4.78 is 8.77. The molecule has 6 nitrogen and oxygen atoms in total. The van der Waals surface area contributed by atoms with Gasteiger partial charge in [-0.1, -0.05) is 0 Å². The number of ether oxygens (including phenoxy) is 1. The average Bonchev–Trinajstić information content (AvgIpc) is 2.88. The minimum Gasteiger partial charge on any atom is -0.368 e. The third-order valence-electron chi connectivity index (χ3n) is 3.42. The fourth-order valence-corrected chi connectivity index (χ4v) is 2.76. The zero-order valence-corrected chi connectivity index (χ0v) is 12.7. The lowest BCUT2D eigenvalue weighted by atomic mass is 10.0. The number of imidazole rings is 1. The van der Waals surface area contributed by atoms with Crippen LogP contribution in [0.1, 0.15) is 24.8 Å². The number of rotatable bonds is 3. The molecule has 1 fully saturated rings. The van der Waals surface area contributed by atoms with Crippen molar-refractivity contribution in [1.29, 1.82) is 0 Å². The van der Waals surface area contributed by atoms with Crippen molar-refractivity contribution in [3.8, 4) is 0 Å². The van der Waals surface area contributed by atoms with Crippen LogP contribution in [-0.2, 0) is 11.8 Å². The predicted molar refractivity (Wildman–Crippen MR) is 78.3 cm³/mol. The summed E-state index contributed by atoms with van der Waals surface area (Å²) in [6, 6.07) is 0.149. The van der Waals surface area contributed by atoms with E-state index in [0.29, 0.717) is 0 Å². The molecular formula is C13H16BrN5O. The SMILES string of the molecule is Cn1ccnc1[C@H]1OCCC[C@@H]1Nc1ncncc1Br.